The molecular formula is C13H15N3O2. The third-order valence-corrected chi connectivity index (χ3v) is 2.45. The molecule has 0 radical (unpaired) electrons. The second kappa shape index (κ2) is 5.35. The molecule has 1 aromatic carbocycles. The second-order valence-electron chi connectivity index (χ2n) is 3.90. The van der Waals surface area contributed by atoms with Crippen molar-refractivity contribution in [1.29, 1.82) is 0 Å². The highest BCUT2D eigenvalue weighted by atomic mass is 16.5. The van der Waals surface area contributed by atoms with E-state index in [1.54, 1.807) is 19.2 Å². The van der Waals surface area contributed by atoms with E-state index in [4.69, 9.17) is 15.2 Å². The maximum atomic E-state index is 5.82. The molecule has 0 aliphatic rings. The molecule has 0 unspecified atom stereocenters. The average Bonchev–Trinajstić information content (AvgIpc) is 2.40. The maximum absolute atomic E-state index is 5.82. The van der Waals surface area contributed by atoms with Crippen molar-refractivity contribution in [1.82, 2.24) is 10.2 Å². The monoisotopic (exact) mass is 245 g/mol. The molecule has 2 rings (SSSR count). The second-order valence-corrected chi connectivity index (χ2v) is 3.90. The molecule has 0 atom stereocenters. The molecule has 2 N–H and O–H groups in total. The van der Waals surface area contributed by atoms with E-state index in [1.165, 1.54) is 0 Å². The van der Waals surface area contributed by atoms with E-state index in [-0.39, 0.29) is 0 Å². The summed E-state index contributed by atoms with van der Waals surface area (Å²) in [5.41, 5.74) is 8.25. The van der Waals surface area contributed by atoms with Gasteiger partial charge in [0.1, 0.15) is 18.1 Å². The normalized spacial score (nSPS) is 10.1. The molecule has 94 valence electrons. The van der Waals surface area contributed by atoms with Gasteiger partial charge in [0.2, 0.25) is 5.88 Å². The van der Waals surface area contributed by atoms with Crippen molar-refractivity contribution < 1.29 is 9.47 Å². The molecule has 1 aromatic heterocycles. The van der Waals surface area contributed by atoms with Gasteiger partial charge in [-0.15, -0.1) is 10.2 Å². The van der Waals surface area contributed by atoms with Crippen LogP contribution in [-0.4, -0.2) is 17.3 Å². The smallest absolute Gasteiger partial charge is 0.233 e. The van der Waals surface area contributed by atoms with Gasteiger partial charge >= 0.3 is 0 Å². The van der Waals surface area contributed by atoms with E-state index >= 15 is 0 Å². The van der Waals surface area contributed by atoms with Gasteiger partial charge in [-0.05, 0) is 30.7 Å². The number of aryl methyl sites for hydroxylation is 1. The summed E-state index contributed by atoms with van der Waals surface area (Å²) in [5.74, 6) is 1.14. The standard InChI is InChI=1S/C13H15N3O2/c1-9-3-5-11(14)12(7-9)18-8-10-4-6-13(17-2)16-15-10/h3-7H,8,14H2,1-2H3. The minimum Gasteiger partial charge on any atom is -0.485 e. The molecule has 0 saturated carbocycles. The Morgan fingerprint density at radius 1 is 1.17 bits per heavy atom. The van der Waals surface area contributed by atoms with Crippen molar-refractivity contribution in [2.24, 2.45) is 0 Å². The van der Waals surface area contributed by atoms with E-state index in [1.807, 2.05) is 25.1 Å². The summed E-state index contributed by atoms with van der Waals surface area (Å²) in [7, 11) is 1.55. The van der Waals surface area contributed by atoms with E-state index in [9.17, 15) is 0 Å². The van der Waals surface area contributed by atoms with Crippen molar-refractivity contribution >= 4 is 5.69 Å². The minimum atomic E-state index is 0.324. The van der Waals surface area contributed by atoms with Crippen LogP contribution >= 0.6 is 0 Å². The van der Waals surface area contributed by atoms with Gasteiger partial charge in [0, 0.05) is 6.07 Å². The molecule has 18 heavy (non-hydrogen) atoms. The summed E-state index contributed by atoms with van der Waals surface area (Å²) in [4.78, 5) is 0. The van der Waals surface area contributed by atoms with Gasteiger partial charge in [-0.1, -0.05) is 6.07 Å². The molecule has 0 bridgehead atoms. The Morgan fingerprint density at radius 3 is 2.67 bits per heavy atom. The van der Waals surface area contributed by atoms with Crippen LogP contribution in [0.15, 0.2) is 30.3 Å². The van der Waals surface area contributed by atoms with Crippen molar-refractivity contribution in [3.63, 3.8) is 0 Å². The van der Waals surface area contributed by atoms with Crippen LogP contribution in [0.1, 0.15) is 11.3 Å². The summed E-state index contributed by atoms with van der Waals surface area (Å²) in [6.45, 7) is 2.31. The summed E-state index contributed by atoms with van der Waals surface area (Å²) in [6.07, 6.45) is 0. The van der Waals surface area contributed by atoms with Gasteiger partial charge in [-0.2, -0.15) is 0 Å². The molecule has 0 spiro atoms. The number of methoxy groups -OCH3 is 1. The molecule has 2 aromatic rings. The lowest BCUT2D eigenvalue weighted by atomic mass is 10.2. The fourth-order valence-electron chi connectivity index (χ4n) is 1.45. The number of nitrogens with zero attached hydrogens (tertiary/aromatic N) is 2. The zero-order valence-corrected chi connectivity index (χ0v) is 10.4. The predicted molar refractivity (Wildman–Crippen MR) is 68.5 cm³/mol. The van der Waals surface area contributed by atoms with Crippen molar-refractivity contribution in [3.05, 3.63) is 41.6 Å². The van der Waals surface area contributed by atoms with E-state index in [2.05, 4.69) is 10.2 Å². The third kappa shape index (κ3) is 2.88. The van der Waals surface area contributed by atoms with Crippen LogP contribution < -0.4 is 15.2 Å². The van der Waals surface area contributed by atoms with Crippen molar-refractivity contribution in [2.75, 3.05) is 12.8 Å². The zero-order valence-electron chi connectivity index (χ0n) is 10.4. The first-order valence-corrected chi connectivity index (χ1v) is 5.54. The van der Waals surface area contributed by atoms with Crippen LogP contribution in [0, 0.1) is 6.92 Å². The highest BCUT2D eigenvalue weighted by Gasteiger charge is 2.03. The molecule has 1 heterocycles. The third-order valence-electron chi connectivity index (χ3n) is 2.45. The maximum Gasteiger partial charge on any atom is 0.233 e. The predicted octanol–water partition coefficient (Wildman–Crippen LogP) is 1.95. The number of hydrogen-bond donors (Lipinski definition) is 1. The fourth-order valence-corrected chi connectivity index (χ4v) is 1.45. The first-order chi connectivity index (χ1) is 8.69. The number of nitrogen functional groups attached to an aromatic ring is 1. The SMILES string of the molecule is COc1ccc(COc2cc(C)ccc2N)nn1. The van der Waals surface area contributed by atoms with Gasteiger partial charge < -0.3 is 15.2 Å². The van der Waals surface area contributed by atoms with Gasteiger partial charge in [0.15, 0.2) is 0 Å². The molecule has 0 saturated heterocycles. The number of nitrogens with two attached hydrogens (primary N) is 1. The van der Waals surface area contributed by atoms with Crippen LogP contribution in [0.5, 0.6) is 11.6 Å². The van der Waals surface area contributed by atoms with Crippen LogP contribution in [0.2, 0.25) is 0 Å². The fraction of sp³-hybridized carbons (Fsp3) is 0.231. The van der Waals surface area contributed by atoms with Gasteiger partial charge in [0.05, 0.1) is 12.8 Å². The molecule has 0 aliphatic heterocycles. The van der Waals surface area contributed by atoms with E-state index < -0.39 is 0 Å². The highest BCUT2D eigenvalue weighted by Crippen LogP contribution is 2.23. The average molecular weight is 245 g/mol. The van der Waals surface area contributed by atoms with Gasteiger partial charge in [-0.25, -0.2) is 0 Å². The summed E-state index contributed by atoms with van der Waals surface area (Å²) < 4.78 is 10.5. The molecule has 0 fully saturated rings. The quantitative estimate of drug-likeness (QED) is 0.834. The first-order valence-electron chi connectivity index (χ1n) is 5.54. The number of aromatic nitrogens is 2. The van der Waals surface area contributed by atoms with Crippen molar-refractivity contribution in [2.45, 2.75) is 13.5 Å². The Hall–Kier alpha value is -2.30. The molecule has 0 amide bonds. The number of anilines is 1. The lowest BCUT2D eigenvalue weighted by Crippen LogP contribution is -2.02. The molecular weight excluding hydrogens is 230 g/mol. The Kier molecular flexibility index (Phi) is 3.62. The molecule has 5 heteroatoms. The number of benzene rings is 1. The van der Waals surface area contributed by atoms with Gasteiger partial charge in [0.25, 0.3) is 0 Å². The number of ether oxygens (including phenoxy) is 2. The van der Waals surface area contributed by atoms with E-state index in [0.717, 1.165) is 11.3 Å². The molecule has 0 aliphatic carbocycles. The lowest BCUT2D eigenvalue weighted by Gasteiger charge is -2.09. The van der Waals surface area contributed by atoms with E-state index in [0.29, 0.717) is 23.9 Å². The van der Waals surface area contributed by atoms with Crippen LogP contribution in [-0.2, 0) is 6.61 Å². The van der Waals surface area contributed by atoms with Crippen LogP contribution in [0.3, 0.4) is 0 Å². The largest absolute Gasteiger partial charge is 0.485 e. The Bertz CT molecular complexity index is 526. The minimum absolute atomic E-state index is 0.324. The lowest BCUT2D eigenvalue weighted by molar-refractivity contribution is 0.299. The Labute approximate surface area is 106 Å². The Morgan fingerprint density at radius 2 is 2.00 bits per heavy atom. The van der Waals surface area contributed by atoms with Crippen molar-refractivity contribution in [3.8, 4) is 11.6 Å². The summed E-state index contributed by atoms with van der Waals surface area (Å²) in [6, 6.07) is 9.20. The summed E-state index contributed by atoms with van der Waals surface area (Å²) >= 11 is 0. The van der Waals surface area contributed by atoms with Crippen LogP contribution in [0.4, 0.5) is 5.69 Å². The number of rotatable bonds is 4. The summed E-state index contributed by atoms with van der Waals surface area (Å²) in [5, 5.41) is 7.84. The molecule has 5 nitrogen and oxygen atoms in total. The van der Waals surface area contributed by atoms with Crippen LogP contribution in [0.25, 0.3) is 0 Å². The zero-order chi connectivity index (χ0) is 13.0. The van der Waals surface area contributed by atoms with Gasteiger partial charge in [-0.3, -0.25) is 0 Å². The number of hydrogen-bond acceptors (Lipinski definition) is 5. The first kappa shape index (κ1) is 12.2. The topological polar surface area (TPSA) is 70.3 Å². The highest BCUT2D eigenvalue weighted by molar-refractivity contribution is 5.53. The Balaban J connectivity index is 2.04.